The van der Waals surface area contributed by atoms with Gasteiger partial charge in [0.05, 0.1) is 0 Å². The van der Waals surface area contributed by atoms with Gasteiger partial charge in [-0.25, -0.2) is 0 Å². The van der Waals surface area contributed by atoms with Crippen LogP contribution in [0.5, 0.6) is 5.75 Å². The van der Waals surface area contributed by atoms with Crippen LogP contribution in [0.4, 0.5) is 0 Å². The van der Waals surface area contributed by atoms with Gasteiger partial charge in [0, 0.05) is 0 Å². The summed E-state index contributed by atoms with van der Waals surface area (Å²) in [5.41, 5.74) is 0. The molecular formula is C10H8N4OS. The molecule has 2 heterocycles. The average Bonchev–Trinajstić information content (AvgIpc) is 2.88. The molecule has 5 nitrogen and oxygen atoms in total. The van der Waals surface area contributed by atoms with Crippen LogP contribution >= 0.6 is 11.3 Å². The highest BCUT2D eigenvalue weighted by atomic mass is 32.1. The molecule has 0 atom stereocenters. The first kappa shape index (κ1) is 9.29. The van der Waals surface area contributed by atoms with Crippen molar-refractivity contribution in [1.82, 2.24) is 19.8 Å². The van der Waals surface area contributed by atoms with Crippen molar-refractivity contribution < 1.29 is 4.74 Å². The van der Waals surface area contributed by atoms with Gasteiger partial charge in [-0.05, 0) is 12.1 Å². The highest BCUT2D eigenvalue weighted by Gasteiger charge is 2.05. The Morgan fingerprint density at radius 2 is 2.12 bits per heavy atom. The molecule has 6 heteroatoms. The van der Waals surface area contributed by atoms with Gasteiger partial charge in [0.2, 0.25) is 4.96 Å². The monoisotopic (exact) mass is 232 g/mol. The Labute approximate surface area is 95.3 Å². The topological polar surface area (TPSA) is 52.3 Å². The summed E-state index contributed by atoms with van der Waals surface area (Å²) in [6.45, 7) is 0.456. The molecule has 0 saturated heterocycles. The predicted octanol–water partition coefficient (Wildman–Crippen LogP) is 1.76. The molecule has 1 aromatic carbocycles. The molecule has 0 aliphatic rings. The number of fused-ring (bicyclic) bond motifs is 1. The van der Waals surface area contributed by atoms with Crippen molar-refractivity contribution in [1.29, 1.82) is 0 Å². The lowest BCUT2D eigenvalue weighted by Crippen LogP contribution is -1.95. The van der Waals surface area contributed by atoms with Gasteiger partial charge in [-0.2, -0.15) is 9.61 Å². The number of hydrogen-bond acceptors (Lipinski definition) is 5. The average molecular weight is 232 g/mol. The minimum Gasteiger partial charge on any atom is -0.486 e. The van der Waals surface area contributed by atoms with Crippen molar-refractivity contribution in [2.75, 3.05) is 0 Å². The quantitative estimate of drug-likeness (QED) is 0.690. The number of hydrogen-bond donors (Lipinski definition) is 0. The van der Waals surface area contributed by atoms with Crippen LogP contribution < -0.4 is 4.74 Å². The molecule has 80 valence electrons. The Balaban J connectivity index is 1.74. The standard InChI is InChI=1S/C10H8N4OS/c1-2-4-8(5-3-1)15-6-9-13-14-7-11-12-10(14)16-9/h1-5,7H,6H2. The Bertz CT molecular complexity index is 560. The van der Waals surface area contributed by atoms with Crippen LogP contribution in [0, 0.1) is 0 Å². The van der Waals surface area contributed by atoms with Crippen LogP contribution in [-0.4, -0.2) is 19.8 Å². The number of ether oxygens (including phenoxy) is 1. The van der Waals surface area contributed by atoms with Crippen LogP contribution in [0.2, 0.25) is 0 Å². The van der Waals surface area contributed by atoms with Crippen LogP contribution in [0.15, 0.2) is 36.7 Å². The highest BCUT2D eigenvalue weighted by Crippen LogP contribution is 2.15. The van der Waals surface area contributed by atoms with Gasteiger partial charge >= 0.3 is 0 Å². The number of rotatable bonds is 3. The summed E-state index contributed by atoms with van der Waals surface area (Å²) in [6.07, 6.45) is 1.58. The van der Waals surface area contributed by atoms with E-state index in [4.69, 9.17) is 4.74 Å². The lowest BCUT2D eigenvalue weighted by Gasteiger charge is -2.01. The summed E-state index contributed by atoms with van der Waals surface area (Å²) in [7, 11) is 0. The molecule has 0 radical (unpaired) electrons. The van der Waals surface area contributed by atoms with Crippen molar-refractivity contribution in [2.24, 2.45) is 0 Å². The molecule has 3 rings (SSSR count). The normalized spacial score (nSPS) is 10.8. The van der Waals surface area contributed by atoms with E-state index < -0.39 is 0 Å². The number of nitrogens with zero attached hydrogens (tertiary/aromatic N) is 4. The molecule has 0 fully saturated rings. The Hall–Kier alpha value is -1.95. The minimum absolute atomic E-state index is 0.456. The molecule has 0 bridgehead atoms. The molecule has 0 saturated carbocycles. The van der Waals surface area contributed by atoms with Crippen LogP contribution in [0.25, 0.3) is 4.96 Å². The SMILES string of the molecule is c1ccc(OCc2nn3cnnc3s2)cc1. The zero-order valence-electron chi connectivity index (χ0n) is 8.28. The lowest BCUT2D eigenvalue weighted by molar-refractivity contribution is 0.304. The van der Waals surface area contributed by atoms with Gasteiger partial charge < -0.3 is 4.74 Å². The molecular weight excluding hydrogens is 224 g/mol. The molecule has 0 amide bonds. The molecule has 0 spiro atoms. The van der Waals surface area contributed by atoms with E-state index in [-0.39, 0.29) is 0 Å². The second kappa shape index (κ2) is 3.90. The van der Waals surface area contributed by atoms with E-state index in [1.165, 1.54) is 11.3 Å². The molecule has 16 heavy (non-hydrogen) atoms. The number of para-hydroxylation sites is 1. The summed E-state index contributed by atoms with van der Waals surface area (Å²) in [5, 5.41) is 12.8. The van der Waals surface area contributed by atoms with Crippen LogP contribution in [-0.2, 0) is 6.61 Å². The molecule has 0 unspecified atom stereocenters. The van der Waals surface area contributed by atoms with Crippen molar-refractivity contribution in [3.05, 3.63) is 41.7 Å². The molecule has 3 aromatic rings. The third-order valence-corrected chi connectivity index (χ3v) is 2.92. The molecule has 0 aliphatic heterocycles. The van der Waals surface area contributed by atoms with Crippen molar-refractivity contribution in [2.45, 2.75) is 6.61 Å². The smallest absolute Gasteiger partial charge is 0.234 e. The van der Waals surface area contributed by atoms with Gasteiger partial charge in [-0.15, -0.1) is 10.2 Å². The van der Waals surface area contributed by atoms with E-state index in [1.54, 1.807) is 10.8 Å². The summed E-state index contributed by atoms with van der Waals surface area (Å²) in [5.74, 6) is 0.841. The Kier molecular flexibility index (Phi) is 2.26. The maximum atomic E-state index is 5.58. The van der Waals surface area contributed by atoms with E-state index in [1.807, 2.05) is 30.3 Å². The zero-order chi connectivity index (χ0) is 10.8. The lowest BCUT2D eigenvalue weighted by atomic mass is 10.3. The van der Waals surface area contributed by atoms with Gasteiger partial charge in [-0.3, -0.25) is 0 Å². The minimum atomic E-state index is 0.456. The van der Waals surface area contributed by atoms with E-state index in [2.05, 4.69) is 15.3 Å². The Morgan fingerprint density at radius 3 is 2.94 bits per heavy atom. The first-order valence-electron chi connectivity index (χ1n) is 4.75. The summed E-state index contributed by atoms with van der Waals surface area (Å²) < 4.78 is 7.22. The van der Waals surface area contributed by atoms with Gasteiger partial charge in [-0.1, -0.05) is 29.5 Å². The van der Waals surface area contributed by atoms with Crippen molar-refractivity contribution >= 4 is 16.3 Å². The third kappa shape index (κ3) is 1.74. The summed E-state index contributed by atoms with van der Waals surface area (Å²) in [4.78, 5) is 0.784. The van der Waals surface area contributed by atoms with Crippen molar-refractivity contribution in [3.8, 4) is 5.75 Å². The first-order valence-corrected chi connectivity index (χ1v) is 5.57. The summed E-state index contributed by atoms with van der Waals surface area (Å²) in [6, 6.07) is 9.67. The first-order chi connectivity index (χ1) is 7.92. The van der Waals surface area contributed by atoms with E-state index >= 15 is 0 Å². The fourth-order valence-corrected chi connectivity index (χ4v) is 2.05. The molecule has 2 aromatic heterocycles. The zero-order valence-corrected chi connectivity index (χ0v) is 9.09. The number of aromatic nitrogens is 4. The summed E-state index contributed by atoms with van der Waals surface area (Å²) >= 11 is 1.48. The van der Waals surface area contributed by atoms with E-state index in [0.29, 0.717) is 6.61 Å². The third-order valence-electron chi connectivity index (χ3n) is 2.03. The van der Waals surface area contributed by atoms with Crippen molar-refractivity contribution in [3.63, 3.8) is 0 Å². The van der Waals surface area contributed by atoms with Crippen LogP contribution in [0.1, 0.15) is 5.01 Å². The van der Waals surface area contributed by atoms with E-state index in [0.717, 1.165) is 15.7 Å². The molecule has 0 aliphatic carbocycles. The van der Waals surface area contributed by atoms with Crippen LogP contribution in [0.3, 0.4) is 0 Å². The van der Waals surface area contributed by atoms with Gasteiger partial charge in [0.1, 0.15) is 18.7 Å². The maximum Gasteiger partial charge on any atom is 0.234 e. The highest BCUT2D eigenvalue weighted by molar-refractivity contribution is 7.16. The van der Waals surface area contributed by atoms with Gasteiger partial charge in [0.15, 0.2) is 5.01 Å². The fourth-order valence-electron chi connectivity index (χ4n) is 1.32. The second-order valence-corrected chi connectivity index (χ2v) is 4.20. The second-order valence-electron chi connectivity index (χ2n) is 3.16. The molecule has 0 N–H and O–H groups in total. The van der Waals surface area contributed by atoms with E-state index in [9.17, 15) is 0 Å². The largest absolute Gasteiger partial charge is 0.486 e. The number of benzene rings is 1. The predicted molar refractivity (Wildman–Crippen MR) is 59.4 cm³/mol. The maximum absolute atomic E-state index is 5.58. The fraction of sp³-hybridized carbons (Fsp3) is 0.100. The Morgan fingerprint density at radius 1 is 1.25 bits per heavy atom. The van der Waals surface area contributed by atoms with Gasteiger partial charge in [0.25, 0.3) is 0 Å².